The molecule has 0 aliphatic rings. The Kier molecular flexibility index (Phi) is 8.32. The predicted molar refractivity (Wildman–Crippen MR) is 135 cm³/mol. The number of benzene rings is 2. The zero-order valence-corrected chi connectivity index (χ0v) is 20.7. The van der Waals surface area contributed by atoms with Crippen LogP contribution in [0, 0.1) is 11.6 Å². The van der Waals surface area contributed by atoms with Crippen LogP contribution in [0.25, 0.3) is 0 Å². The highest BCUT2D eigenvalue weighted by Crippen LogP contribution is 2.31. The zero-order valence-electron chi connectivity index (χ0n) is 19.1. The Hall–Kier alpha value is -4.02. The molecule has 0 aliphatic carbocycles. The second-order valence-electron chi connectivity index (χ2n) is 7.78. The third-order valence-corrected chi connectivity index (χ3v) is 6.45. The smallest absolute Gasteiger partial charge is 0.261 e. The molecule has 0 saturated carbocycles. The summed E-state index contributed by atoms with van der Waals surface area (Å²) in [6.45, 7) is -0.425. The number of nitrogens with one attached hydrogen (secondary N) is 2. The highest BCUT2D eigenvalue weighted by Gasteiger charge is 2.35. The van der Waals surface area contributed by atoms with Crippen LogP contribution in [-0.2, 0) is 16.1 Å². The summed E-state index contributed by atoms with van der Waals surface area (Å²) >= 11 is 7.19. The van der Waals surface area contributed by atoms with Crippen molar-refractivity contribution in [1.29, 1.82) is 0 Å². The van der Waals surface area contributed by atoms with Crippen LogP contribution in [0.1, 0.15) is 27.0 Å². The van der Waals surface area contributed by atoms with E-state index >= 15 is 0 Å². The van der Waals surface area contributed by atoms with E-state index in [1.807, 2.05) is 0 Å². The Balaban J connectivity index is 1.64. The van der Waals surface area contributed by atoms with Crippen molar-refractivity contribution in [3.63, 3.8) is 0 Å². The summed E-state index contributed by atoms with van der Waals surface area (Å²) in [5.41, 5.74) is 0.735. The lowest BCUT2D eigenvalue weighted by atomic mass is 10.1. The first kappa shape index (κ1) is 26.1. The molecule has 0 unspecified atom stereocenters. The molecule has 0 aliphatic heterocycles. The van der Waals surface area contributed by atoms with Crippen LogP contribution in [0.5, 0.6) is 0 Å². The molecule has 0 spiro atoms. The standard InChI is InChI=1S/C26H20ClF2N3O4S/c27-19-13-18(9-10-20(19)29)32(23(33)15-31-25(34)22-4-2-12-37-22)24(21-3-1-11-36-21)26(35)30-14-16-5-7-17(28)8-6-16/h1-13,24H,14-15H2,(H,30,35)(H,31,34)/t24-/m1/s1. The molecule has 190 valence electrons. The predicted octanol–water partition coefficient (Wildman–Crippen LogP) is 5.09. The summed E-state index contributed by atoms with van der Waals surface area (Å²) in [4.78, 5) is 40.8. The molecular formula is C26H20ClF2N3O4S. The Morgan fingerprint density at radius 3 is 2.43 bits per heavy atom. The number of furan rings is 1. The number of hydrogen-bond donors (Lipinski definition) is 2. The highest BCUT2D eigenvalue weighted by atomic mass is 35.5. The van der Waals surface area contributed by atoms with Gasteiger partial charge in [-0.1, -0.05) is 29.8 Å². The van der Waals surface area contributed by atoms with Crippen molar-refractivity contribution in [2.75, 3.05) is 11.4 Å². The average Bonchev–Trinajstić information content (AvgIpc) is 3.62. The fraction of sp³-hybridized carbons (Fsp3) is 0.115. The van der Waals surface area contributed by atoms with Crippen molar-refractivity contribution in [2.45, 2.75) is 12.6 Å². The second kappa shape index (κ2) is 11.8. The van der Waals surface area contributed by atoms with Crippen molar-refractivity contribution in [2.24, 2.45) is 0 Å². The van der Waals surface area contributed by atoms with Gasteiger partial charge in [-0.05, 0) is 59.5 Å². The number of amides is 3. The lowest BCUT2D eigenvalue weighted by Crippen LogP contribution is -2.47. The van der Waals surface area contributed by atoms with Crippen LogP contribution >= 0.6 is 22.9 Å². The molecule has 2 heterocycles. The molecular weight excluding hydrogens is 524 g/mol. The minimum Gasteiger partial charge on any atom is -0.467 e. The number of halogens is 3. The van der Waals surface area contributed by atoms with Gasteiger partial charge in [0.15, 0.2) is 6.04 Å². The number of anilines is 1. The molecule has 37 heavy (non-hydrogen) atoms. The number of hydrogen-bond acceptors (Lipinski definition) is 5. The average molecular weight is 544 g/mol. The lowest BCUT2D eigenvalue weighted by molar-refractivity contribution is -0.126. The van der Waals surface area contributed by atoms with E-state index in [1.54, 1.807) is 23.6 Å². The van der Waals surface area contributed by atoms with Crippen LogP contribution in [-0.4, -0.2) is 24.3 Å². The third kappa shape index (κ3) is 6.41. The largest absolute Gasteiger partial charge is 0.467 e. The molecule has 2 aromatic heterocycles. The topological polar surface area (TPSA) is 91.7 Å². The monoisotopic (exact) mass is 543 g/mol. The number of carbonyl (C=O) groups is 3. The van der Waals surface area contributed by atoms with Crippen molar-refractivity contribution >= 4 is 46.3 Å². The van der Waals surface area contributed by atoms with Crippen LogP contribution < -0.4 is 15.5 Å². The summed E-state index contributed by atoms with van der Waals surface area (Å²) < 4.78 is 32.7. The van der Waals surface area contributed by atoms with Crippen molar-refractivity contribution in [3.8, 4) is 0 Å². The fourth-order valence-electron chi connectivity index (χ4n) is 3.52. The molecule has 4 rings (SSSR count). The van der Waals surface area contributed by atoms with E-state index < -0.39 is 41.9 Å². The van der Waals surface area contributed by atoms with Crippen molar-refractivity contribution in [1.82, 2.24) is 10.6 Å². The molecule has 0 fully saturated rings. The van der Waals surface area contributed by atoms with Gasteiger partial charge >= 0.3 is 0 Å². The Morgan fingerprint density at radius 1 is 1.00 bits per heavy atom. The van der Waals surface area contributed by atoms with Gasteiger partial charge in [0.25, 0.3) is 11.8 Å². The zero-order chi connectivity index (χ0) is 26.4. The quantitative estimate of drug-likeness (QED) is 0.307. The Morgan fingerprint density at radius 2 is 1.78 bits per heavy atom. The molecule has 1 atom stereocenters. The minimum atomic E-state index is -1.33. The van der Waals surface area contributed by atoms with Gasteiger partial charge in [0.05, 0.1) is 22.7 Å². The van der Waals surface area contributed by atoms with Crippen LogP contribution in [0.2, 0.25) is 5.02 Å². The molecule has 4 aromatic rings. The molecule has 0 radical (unpaired) electrons. The Bertz CT molecular complexity index is 1380. The van der Waals surface area contributed by atoms with Gasteiger partial charge in [-0.3, -0.25) is 19.3 Å². The van der Waals surface area contributed by atoms with Crippen molar-refractivity contribution in [3.05, 3.63) is 111 Å². The first-order valence-corrected chi connectivity index (χ1v) is 12.2. The molecule has 3 amide bonds. The molecule has 2 aromatic carbocycles. The summed E-state index contributed by atoms with van der Waals surface area (Å²) in [5.74, 6) is -2.77. The van der Waals surface area contributed by atoms with Crippen LogP contribution in [0.3, 0.4) is 0 Å². The minimum absolute atomic E-state index is 0.0393. The van der Waals surface area contributed by atoms with Crippen LogP contribution in [0.4, 0.5) is 14.5 Å². The summed E-state index contributed by atoms with van der Waals surface area (Å²) in [6.07, 6.45) is 1.34. The first-order valence-electron chi connectivity index (χ1n) is 11.0. The molecule has 0 saturated heterocycles. The molecule has 0 bridgehead atoms. The molecule has 2 N–H and O–H groups in total. The van der Waals surface area contributed by atoms with E-state index in [0.717, 1.165) is 11.0 Å². The fourth-order valence-corrected chi connectivity index (χ4v) is 4.33. The number of nitrogens with zero attached hydrogens (tertiary/aromatic N) is 1. The van der Waals surface area contributed by atoms with E-state index in [4.69, 9.17) is 16.0 Å². The van der Waals surface area contributed by atoms with Gasteiger partial charge in [0, 0.05) is 12.2 Å². The maximum Gasteiger partial charge on any atom is 0.261 e. The maximum atomic E-state index is 13.9. The number of rotatable bonds is 9. The second-order valence-corrected chi connectivity index (χ2v) is 9.14. The SMILES string of the molecule is O=C(NCC(=O)N(c1ccc(F)c(Cl)c1)[C@@H](C(=O)NCc1ccc(F)cc1)c1ccco1)c1cccs1. The number of thiophene rings is 1. The van der Waals surface area contributed by atoms with Gasteiger partial charge < -0.3 is 15.1 Å². The molecule has 11 heteroatoms. The summed E-state index contributed by atoms with van der Waals surface area (Å²) in [5, 5.41) is 6.72. The number of carbonyl (C=O) groups excluding carboxylic acids is 3. The molecule has 7 nitrogen and oxygen atoms in total. The van der Waals surface area contributed by atoms with Gasteiger partial charge in [-0.15, -0.1) is 11.3 Å². The van der Waals surface area contributed by atoms with E-state index in [0.29, 0.717) is 10.4 Å². The lowest BCUT2D eigenvalue weighted by Gasteiger charge is -2.30. The maximum absolute atomic E-state index is 13.9. The van der Waals surface area contributed by atoms with Gasteiger partial charge in [0.2, 0.25) is 5.91 Å². The summed E-state index contributed by atoms with van der Waals surface area (Å²) in [6, 6.07) is 14.2. The summed E-state index contributed by atoms with van der Waals surface area (Å²) in [7, 11) is 0. The van der Waals surface area contributed by atoms with E-state index in [-0.39, 0.29) is 23.0 Å². The highest BCUT2D eigenvalue weighted by molar-refractivity contribution is 7.12. The van der Waals surface area contributed by atoms with E-state index in [2.05, 4.69) is 10.6 Å². The normalized spacial score (nSPS) is 11.5. The third-order valence-electron chi connectivity index (χ3n) is 5.29. The van der Waals surface area contributed by atoms with Crippen molar-refractivity contribution < 1.29 is 27.6 Å². The van der Waals surface area contributed by atoms with Gasteiger partial charge in [0.1, 0.15) is 17.4 Å². The van der Waals surface area contributed by atoms with Crippen LogP contribution in [0.15, 0.2) is 82.8 Å². The first-order chi connectivity index (χ1) is 17.8. The van der Waals surface area contributed by atoms with E-state index in [1.165, 1.54) is 60.1 Å². The van der Waals surface area contributed by atoms with Gasteiger partial charge in [-0.2, -0.15) is 0 Å². The van der Waals surface area contributed by atoms with E-state index in [9.17, 15) is 23.2 Å². The van der Waals surface area contributed by atoms with Gasteiger partial charge in [-0.25, -0.2) is 8.78 Å². The Labute approximate surface area is 219 Å².